The molecule has 0 radical (unpaired) electrons. The molecule has 2 aliphatic heterocycles. The molecular formula is C24H41N5O4S. The molecule has 192 valence electrons. The molecule has 1 amide bonds. The summed E-state index contributed by atoms with van der Waals surface area (Å²) in [5, 5.41) is 26.1. The van der Waals surface area contributed by atoms with Crippen LogP contribution in [-0.4, -0.2) is 96.8 Å². The maximum absolute atomic E-state index is 12.4. The van der Waals surface area contributed by atoms with Gasteiger partial charge in [0, 0.05) is 47.3 Å². The fraction of sp³-hybridized carbons (Fsp3) is 0.667. The number of benzene rings is 1. The molecule has 3 N–H and O–H groups in total. The zero-order valence-electron chi connectivity index (χ0n) is 20.3. The van der Waals surface area contributed by atoms with Crippen LogP contribution in [0.5, 0.6) is 5.75 Å². The van der Waals surface area contributed by atoms with Gasteiger partial charge in [0.1, 0.15) is 24.5 Å². The summed E-state index contributed by atoms with van der Waals surface area (Å²) < 4.78 is 11.4. The first-order chi connectivity index (χ1) is 16.5. The molecule has 1 aromatic rings. The second kappa shape index (κ2) is 13.2. The Morgan fingerprint density at radius 1 is 1.41 bits per heavy atom. The Hall–Kier alpha value is -2.03. The van der Waals surface area contributed by atoms with Gasteiger partial charge in [-0.1, -0.05) is 13.0 Å². The van der Waals surface area contributed by atoms with Crippen molar-refractivity contribution in [3.8, 4) is 11.8 Å². The first-order valence-corrected chi connectivity index (χ1v) is 13.0. The molecule has 2 saturated heterocycles. The summed E-state index contributed by atoms with van der Waals surface area (Å²) in [6.45, 7) is 12.2. The maximum Gasteiger partial charge on any atom is 0.239 e. The van der Waals surface area contributed by atoms with Gasteiger partial charge in [-0.2, -0.15) is 5.26 Å². The number of carbonyl (C=O) groups excluding carboxylic acids is 1. The fourth-order valence-electron chi connectivity index (χ4n) is 4.21. The van der Waals surface area contributed by atoms with E-state index in [1.807, 2.05) is 43.9 Å². The van der Waals surface area contributed by atoms with Gasteiger partial charge >= 0.3 is 0 Å². The lowest BCUT2D eigenvalue weighted by atomic mass is 10.1. The third kappa shape index (κ3) is 6.77. The molecular weight excluding hydrogens is 454 g/mol. The predicted molar refractivity (Wildman–Crippen MR) is 138 cm³/mol. The van der Waals surface area contributed by atoms with Crippen molar-refractivity contribution in [3.63, 3.8) is 0 Å². The second-order valence-corrected chi connectivity index (χ2v) is 9.83. The number of anilines is 1. The van der Waals surface area contributed by atoms with E-state index < -0.39 is 12.1 Å². The Kier molecular flexibility index (Phi) is 10.3. The third-order valence-electron chi connectivity index (χ3n) is 6.20. The Labute approximate surface area is 209 Å². The molecule has 9 nitrogen and oxygen atoms in total. The first kappa shape index (κ1) is 26.6. The number of nitriles is 1. The molecule has 3 rings (SSSR count). The van der Waals surface area contributed by atoms with Crippen molar-refractivity contribution >= 4 is 23.4 Å². The van der Waals surface area contributed by atoms with E-state index in [-0.39, 0.29) is 19.4 Å². The van der Waals surface area contributed by atoms with Crippen LogP contribution < -0.4 is 15.4 Å². The minimum absolute atomic E-state index is 0. The average Bonchev–Trinajstić information content (AvgIpc) is 3.15. The van der Waals surface area contributed by atoms with Gasteiger partial charge in [0.15, 0.2) is 0 Å². The summed E-state index contributed by atoms with van der Waals surface area (Å²) in [4.78, 5) is 16.5. The summed E-state index contributed by atoms with van der Waals surface area (Å²) >= 11 is 1.48. The quantitative estimate of drug-likeness (QED) is 0.424. The summed E-state index contributed by atoms with van der Waals surface area (Å²) in [6, 6.07) is 8.14. The SMILES string of the molecule is CCNC(=O)C(C#N)C1S[C@H](CNc2ccc(C)c(OCCN3CCOCC3)c2)C(O)N1CC.[HH].[HH]. The largest absolute Gasteiger partial charge is 0.492 e. The molecule has 2 heterocycles. The van der Waals surface area contributed by atoms with Gasteiger partial charge in [0.05, 0.1) is 29.9 Å². The Morgan fingerprint density at radius 2 is 2.18 bits per heavy atom. The van der Waals surface area contributed by atoms with E-state index in [4.69, 9.17) is 9.47 Å². The number of aliphatic hydroxyl groups excluding tert-OH is 1. The zero-order chi connectivity index (χ0) is 24.5. The number of hydrogen-bond donors (Lipinski definition) is 3. The standard InChI is InChI=1S/C24H37N5O4S.2H2/c1-4-26-22(30)19(15-25)24-29(5-2)23(31)21(34-24)16-27-18-7-6-17(3)20(14-18)33-13-10-28-8-11-32-12-9-28;;/h6-7,14,19,21,23-24,27,31H,4-5,8-13,16H2,1-3H3,(H,26,30);2*1H/t19?,21-,23?,24?;;/m1../s1. The van der Waals surface area contributed by atoms with E-state index in [1.165, 1.54) is 11.8 Å². The number of thioether (sulfide) groups is 1. The van der Waals surface area contributed by atoms with Crippen LogP contribution in [0.3, 0.4) is 0 Å². The van der Waals surface area contributed by atoms with E-state index in [1.54, 1.807) is 0 Å². The number of carbonyl (C=O) groups is 1. The number of hydrogen-bond acceptors (Lipinski definition) is 9. The molecule has 4 atom stereocenters. The molecule has 3 unspecified atom stereocenters. The van der Waals surface area contributed by atoms with Crippen LogP contribution in [0, 0.1) is 24.2 Å². The predicted octanol–water partition coefficient (Wildman–Crippen LogP) is 1.97. The summed E-state index contributed by atoms with van der Waals surface area (Å²) in [5.41, 5.74) is 1.98. The number of nitrogens with zero attached hydrogens (tertiary/aromatic N) is 3. The highest BCUT2D eigenvalue weighted by molar-refractivity contribution is 8.00. The van der Waals surface area contributed by atoms with Crippen molar-refractivity contribution in [2.75, 3.05) is 64.4 Å². The van der Waals surface area contributed by atoms with Crippen LogP contribution in [-0.2, 0) is 9.53 Å². The summed E-state index contributed by atoms with van der Waals surface area (Å²) in [6.07, 6.45) is -0.743. The number of aryl methyl sites for hydroxylation is 1. The van der Waals surface area contributed by atoms with Crippen LogP contribution in [0.2, 0.25) is 0 Å². The number of amides is 1. The van der Waals surface area contributed by atoms with Gasteiger partial charge in [-0.3, -0.25) is 14.6 Å². The molecule has 0 aliphatic carbocycles. The monoisotopic (exact) mass is 495 g/mol. The van der Waals surface area contributed by atoms with E-state index in [0.29, 0.717) is 26.2 Å². The number of nitrogens with one attached hydrogen (secondary N) is 2. The van der Waals surface area contributed by atoms with Gasteiger partial charge in [0.25, 0.3) is 0 Å². The lowest BCUT2D eigenvalue weighted by molar-refractivity contribution is -0.124. The summed E-state index contributed by atoms with van der Waals surface area (Å²) in [5.74, 6) is -0.290. The zero-order valence-corrected chi connectivity index (χ0v) is 21.1. The van der Waals surface area contributed by atoms with Gasteiger partial charge in [0.2, 0.25) is 5.91 Å². The molecule has 0 bridgehead atoms. The van der Waals surface area contributed by atoms with Gasteiger partial charge in [-0.15, -0.1) is 11.8 Å². The van der Waals surface area contributed by atoms with Gasteiger partial charge in [-0.25, -0.2) is 0 Å². The normalized spacial score (nSPS) is 24.4. The van der Waals surface area contributed by atoms with E-state index in [2.05, 4.69) is 21.6 Å². The average molecular weight is 496 g/mol. The Balaban J connectivity index is 0.00000324. The van der Waals surface area contributed by atoms with E-state index >= 15 is 0 Å². The highest BCUT2D eigenvalue weighted by atomic mass is 32.2. The topological polar surface area (TPSA) is 110 Å². The molecule has 1 aromatic carbocycles. The van der Waals surface area contributed by atoms with Crippen molar-refractivity contribution in [2.45, 2.75) is 37.6 Å². The van der Waals surface area contributed by atoms with Crippen molar-refractivity contribution in [1.29, 1.82) is 5.26 Å². The smallest absolute Gasteiger partial charge is 0.239 e. The van der Waals surface area contributed by atoms with Crippen molar-refractivity contribution in [2.24, 2.45) is 5.92 Å². The molecule has 0 saturated carbocycles. The third-order valence-corrected chi connectivity index (χ3v) is 7.78. The second-order valence-electron chi connectivity index (χ2n) is 8.47. The molecule has 34 heavy (non-hydrogen) atoms. The number of morpholine rings is 1. The van der Waals surface area contributed by atoms with Crippen molar-refractivity contribution in [3.05, 3.63) is 23.8 Å². The molecule has 0 spiro atoms. The van der Waals surface area contributed by atoms with Gasteiger partial charge < -0.3 is 25.2 Å². The van der Waals surface area contributed by atoms with Crippen LogP contribution in [0.25, 0.3) is 0 Å². The molecule has 2 fully saturated rings. The maximum atomic E-state index is 12.4. The lowest BCUT2D eigenvalue weighted by Crippen LogP contribution is -2.46. The lowest BCUT2D eigenvalue weighted by Gasteiger charge is -2.27. The van der Waals surface area contributed by atoms with E-state index in [0.717, 1.165) is 49.8 Å². The molecule has 2 aliphatic rings. The van der Waals surface area contributed by atoms with Crippen molar-refractivity contribution < 1.29 is 22.2 Å². The van der Waals surface area contributed by atoms with Crippen LogP contribution in [0.4, 0.5) is 5.69 Å². The minimum atomic E-state index is -0.838. The van der Waals surface area contributed by atoms with Crippen LogP contribution >= 0.6 is 11.8 Å². The number of ether oxygens (including phenoxy) is 2. The number of rotatable bonds is 11. The summed E-state index contributed by atoms with van der Waals surface area (Å²) in [7, 11) is 0. The molecule has 10 heteroatoms. The van der Waals surface area contributed by atoms with E-state index in [9.17, 15) is 15.2 Å². The Morgan fingerprint density at radius 3 is 2.85 bits per heavy atom. The Bertz CT molecular complexity index is 856. The minimum Gasteiger partial charge on any atom is -0.492 e. The molecule has 0 aromatic heterocycles. The highest BCUT2D eigenvalue weighted by Crippen LogP contribution is 2.38. The van der Waals surface area contributed by atoms with Crippen LogP contribution in [0.15, 0.2) is 18.2 Å². The first-order valence-electron chi connectivity index (χ1n) is 12.0. The fourth-order valence-corrected chi connectivity index (χ4v) is 5.82. The number of aliphatic hydroxyl groups is 1. The van der Waals surface area contributed by atoms with Crippen molar-refractivity contribution in [1.82, 2.24) is 15.1 Å². The highest BCUT2D eigenvalue weighted by Gasteiger charge is 2.45. The van der Waals surface area contributed by atoms with Crippen LogP contribution in [0.1, 0.15) is 22.3 Å². The van der Waals surface area contributed by atoms with Gasteiger partial charge in [-0.05, 0) is 32.0 Å².